The Bertz CT molecular complexity index is 607. The van der Waals surface area contributed by atoms with Gasteiger partial charge in [-0.3, -0.25) is 0 Å². The van der Waals surface area contributed by atoms with E-state index in [-0.39, 0.29) is 17.1 Å². The monoisotopic (exact) mass is 297 g/mol. The van der Waals surface area contributed by atoms with Crippen LogP contribution in [0.1, 0.15) is 12.6 Å². The molecule has 0 aliphatic rings. The lowest BCUT2D eigenvalue weighted by Gasteiger charge is -2.13. The van der Waals surface area contributed by atoms with Gasteiger partial charge in [0.2, 0.25) is 0 Å². The molecule has 0 aliphatic heterocycles. The SMILES string of the molecule is CCc1cc(NC)nc(-c2ccccc2OC(F)(F)F)n1. The fraction of sp³-hybridized carbons (Fsp3) is 0.286. The van der Waals surface area contributed by atoms with Crippen LogP contribution in [0.4, 0.5) is 19.0 Å². The Morgan fingerprint density at radius 3 is 2.52 bits per heavy atom. The summed E-state index contributed by atoms with van der Waals surface area (Å²) in [5.74, 6) is 0.414. The summed E-state index contributed by atoms with van der Waals surface area (Å²) >= 11 is 0. The molecule has 1 aromatic carbocycles. The highest BCUT2D eigenvalue weighted by molar-refractivity contribution is 5.65. The number of nitrogens with zero attached hydrogens (tertiary/aromatic N) is 2. The van der Waals surface area contributed by atoms with E-state index in [0.717, 1.165) is 5.69 Å². The smallest absolute Gasteiger partial charge is 0.405 e. The molecule has 1 N–H and O–H groups in total. The van der Waals surface area contributed by atoms with E-state index in [4.69, 9.17) is 0 Å². The van der Waals surface area contributed by atoms with Crippen molar-refractivity contribution in [2.75, 3.05) is 12.4 Å². The zero-order valence-electron chi connectivity index (χ0n) is 11.5. The van der Waals surface area contributed by atoms with Gasteiger partial charge in [-0.15, -0.1) is 13.2 Å². The lowest BCUT2D eigenvalue weighted by atomic mass is 10.1. The highest BCUT2D eigenvalue weighted by atomic mass is 19.4. The second kappa shape index (κ2) is 5.99. The molecule has 0 spiro atoms. The topological polar surface area (TPSA) is 47.0 Å². The van der Waals surface area contributed by atoms with Crippen molar-refractivity contribution in [3.8, 4) is 17.1 Å². The summed E-state index contributed by atoms with van der Waals surface area (Å²) in [7, 11) is 1.68. The van der Waals surface area contributed by atoms with Crippen molar-refractivity contribution in [1.82, 2.24) is 9.97 Å². The second-order valence-corrected chi connectivity index (χ2v) is 4.22. The first-order chi connectivity index (χ1) is 9.93. The van der Waals surface area contributed by atoms with Gasteiger partial charge in [-0.2, -0.15) is 0 Å². The predicted octanol–water partition coefficient (Wildman–Crippen LogP) is 3.65. The number of hydrogen-bond acceptors (Lipinski definition) is 4. The van der Waals surface area contributed by atoms with E-state index in [1.807, 2.05) is 6.92 Å². The number of para-hydroxylation sites is 1. The number of aryl methyl sites for hydroxylation is 1. The number of rotatable bonds is 4. The van der Waals surface area contributed by atoms with Gasteiger partial charge in [0.15, 0.2) is 5.82 Å². The van der Waals surface area contributed by atoms with E-state index in [1.165, 1.54) is 18.2 Å². The third kappa shape index (κ3) is 3.84. The van der Waals surface area contributed by atoms with Crippen LogP contribution in [0.15, 0.2) is 30.3 Å². The molecule has 112 valence electrons. The minimum atomic E-state index is -4.76. The summed E-state index contributed by atoms with van der Waals surface area (Å²) in [6.45, 7) is 1.91. The fourth-order valence-corrected chi connectivity index (χ4v) is 1.79. The van der Waals surface area contributed by atoms with Crippen LogP contribution in [-0.2, 0) is 6.42 Å². The third-order valence-electron chi connectivity index (χ3n) is 2.75. The Kier molecular flexibility index (Phi) is 4.30. The molecule has 1 heterocycles. The van der Waals surface area contributed by atoms with Gasteiger partial charge in [0, 0.05) is 18.8 Å². The van der Waals surface area contributed by atoms with Crippen molar-refractivity contribution in [2.24, 2.45) is 0 Å². The van der Waals surface area contributed by atoms with Crippen LogP contribution in [-0.4, -0.2) is 23.4 Å². The Morgan fingerprint density at radius 2 is 1.90 bits per heavy atom. The summed E-state index contributed by atoms with van der Waals surface area (Å²) in [6, 6.07) is 7.56. The Morgan fingerprint density at radius 1 is 1.19 bits per heavy atom. The first-order valence-corrected chi connectivity index (χ1v) is 6.33. The van der Waals surface area contributed by atoms with Crippen LogP contribution >= 0.6 is 0 Å². The molecule has 1 aromatic heterocycles. The van der Waals surface area contributed by atoms with Gasteiger partial charge in [0.05, 0.1) is 5.56 Å². The Hall–Kier alpha value is -2.31. The first-order valence-electron chi connectivity index (χ1n) is 6.33. The van der Waals surface area contributed by atoms with Gasteiger partial charge in [0.1, 0.15) is 11.6 Å². The van der Waals surface area contributed by atoms with Crippen LogP contribution in [0.5, 0.6) is 5.75 Å². The zero-order chi connectivity index (χ0) is 15.5. The minimum Gasteiger partial charge on any atom is -0.405 e. The normalized spacial score (nSPS) is 11.3. The van der Waals surface area contributed by atoms with Crippen LogP contribution in [0.2, 0.25) is 0 Å². The second-order valence-electron chi connectivity index (χ2n) is 4.22. The molecule has 0 fully saturated rings. The van der Waals surface area contributed by atoms with E-state index in [9.17, 15) is 13.2 Å². The molecule has 2 aromatic rings. The predicted molar refractivity (Wildman–Crippen MR) is 73.1 cm³/mol. The molecule has 0 saturated heterocycles. The quantitative estimate of drug-likeness (QED) is 0.936. The standard InChI is InChI=1S/C14H14F3N3O/c1-3-9-8-12(18-2)20-13(19-9)10-6-4-5-7-11(10)21-14(15,16)17/h4-8H,3H2,1-2H3,(H,18,19,20). The zero-order valence-corrected chi connectivity index (χ0v) is 11.5. The molecular weight excluding hydrogens is 283 g/mol. The van der Waals surface area contributed by atoms with E-state index in [1.54, 1.807) is 19.2 Å². The summed E-state index contributed by atoms with van der Waals surface area (Å²) in [5, 5.41) is 2.87. The number of halogens is 3. The van der Waals surface area contributed by atoms with Gasteiger partial charge < -0.3 is 10.1 Å². The van der Waals surface area contributed by atoms with Crippen molar-refractivity contribution < 1.29 is 17.9 Å². The Labute approximate surface area is 120 Å². The maximum atomic E-state index is 12.5. The van der Waals surface area contributed by atoms with Gasteiger partial charge in [-0.1, -0.05) is 19.1 Å². The van der Waals surface area contributed by atoms with Crippen molar-refractivity contribution in [1.29, 1.82) is 0 Å². The van der Waals surface area contributed by atoms with Gasteiger partial charge in [0.25, 0.3) is 0 Å². The minimum absolute atomic E-state index is 0.193. The number of anilines is 1. The summed E-state index contributed by atoms with van der Waals surface area (Å²) in [5.41, 5.74) is 0.924. The van der Waals surface area contributed by atoms with Gasteiger partial charge in [-0.05, 0) is 18.6 Å². The Balaban J connectivity index is 2.51. The van der Waals surface area contributed by atoms with Gasteiger partial charge in [-0.25, -0.2) is 9.97 Å². The maximum absolute atomic E-state index is 12.5. The molecule has 0 atom stereocenters. The molecule has 0 unspecified atom stereocenters. The van der Waals surface area contributed by atoms with Gasteiger partial charge >= 0.3 is 6.36 Å². The molecule has 7 heteroatoms. The van der Waals surface area contributed by atoms with Crippen molar-refractivity contribution in [2.45, 2.75) is 19.7 Å². The van der Waals surface area contributed by atoms with Crippen molar-refractivity contribution >= 4 is 5.82 Å². The van der Waals surface area contributed by atoms with Crippen molar-refractivity contribution in [3.63, 3.8) is 0 Å². The largest absolute Gasteiger partial charge is 0.573 e. The van der Waals surface area contributed by atoms with E-state index < -0.39 is 6.36 Å². The van der Waals surface area contributed by atoms with Crippen molar-refractivity contribution in [3.05, 3.63) is 36.0 Å². The molecule has 21 heavy (non-hydrogen) atoms. The molecule has 0 bridgehead atoms. The van der Waals surface area contributed by atoms with E-state index in [2.05, 4.69) is 20.0 Å². The number of nitrogens with one attached hydrogen (secondary N) is 1. The number of hydrogen-bond donors (Lipinski definition) is 1. The molecule has 0 amide bonds. The summed E-state index contributed by atoms with van der Waals surface area (Å²) < 4.78 is 41.4. The highest BCUT2D eigenvalue weighted by Gasteiger charge is 2.32. The van der Waals surface area contributed by atoms with Crippen LogP contribution < -0.4 is 10.1 Å². The third-order valence-corrected chi connectivity index (χ3v) is 2.75. The lowest BCUT2D eigenvalue weighted by Crippen LogP contribution is -2.17. The first kappa shape index (κ1) is 15.1. The highest BCUT2D eigenvalue weighted by Crippen LogP contribution is 2.32. The maximum Gasteiger partial charge on any atom is 0.573 e. The van der Waals surface area contributed by atoms with Crippen LogP contribution in [0.3, 0.4) is 0 Å². The number of ether oxygens (including phenoxy) is 1. The fourth-order valence-electron chi connectivity index (χ4n) is 1.79. The van der Waals surface area contributed by atoms with Crippen LogP contribution in [0.25, 0.3) is 11.4 Å². The average molecular weight is 297 g/mol. The molecule has 0 aliphatic carbocycles. The number of aromatic nitrogens is 2. The summed E-state index contributed by atoms with van der Waals surface area (Å²) in [6.07, 6.45) is -4.11. The number of alkyl halides is 3. The molecular formula is C14H14F3N3O. The molecule has 0 radical (unpaired) electrons. The van der Waals surface area contributed by atoms with E-state index in [0.29, 0.717) is 12.2 Å². The molecule has 0 saturated carbocycles. The summed E-state index contributed by atoms with van der Waals surface area (Å²) in [4.78, 5) is 8.45. The number of benzene rings is 1. The lowest BCUT2D eigenvalue weighted by molar-refractivity contribution is -0.274. The molecule has 4 nitrogen and oxygen atoms in total. The molecule has 2 rings (SSSR count). The van der Waals surface area contributed by atoms with Crippen LogP contribution in [0, 0.1) is 0 Å². The average Bonchev–Trinajstić information content (AvgIpc) is 2.45. The van der Waals surface area contributed by atoms with E-state index >= 15 is 0 Å².